The number of likely N-dealkylation sites (tertiary alicyclic amines) is 1. The number of aryl methyl sites for hydroxylation is 1. The first-order valence-corrected chi connectivity index (χ1v) is 8.37. The maximum Gasteiger partial charge on any atom is 0.317 e. The van der Waals surface area contributed by atoms with Crippen LogP contribution in [-0.4, -0.2) is 43.0 Å². The van der Waals surface area contributed by atoms with Gasteiger partial charge in [-0.3, -0.25) is 0 Å². The summed E-state index contributed by atoms with van der Waals surface area (Å²) in [6, 6.07) is 3.61. The van der Waals surface area contributed by atoms with Crippen molar-refractivity contribution < 1.29 is 18.7 Å². The Kier molecular flexibility index (Phi) is 4.64. The second-order valence-electron chi connectivity index (χ2n) is 6.62. The van der Waals surface area contributed by atoms with Crippen molar-refractivity contribution in [1.82, 2.24) is 10.2 Å². The van der Waals surface area contributed by atoms with Crippen molar-refractivity contribution >= 4 is 6.03 Å². The molecular formula is C17H26N2O4. The number of piperidine rings is 1. The average molecular weight is 322 g/mol. The minimum atomic E-state index is -0.553. The fraction of sp³-hybridized carbons (Fsp3) is 0.706. The summed E-state index contributed by atoms with van der Waals surface area (Å²) in [4.78, 5) is 14.4. The van der Waals surface area contributed by atoms with Crippen molar-refractivity contribution in [2.75, 3.05) is 26.3 Å². The summed E-state index contributed by atoms with van der Waals surface area (Å²) in [5.74, 6) is 1.29. The summed E-state index contributed by atoms with van der Waals surface area (Å²) in [6.07, 6.45) is 1.99. The van der Waals surface area contributed by atoms with Gasteiger partial charge < -0.3 is 24.1 Å². The van der Waals surface area contributed by atoms with Gasteiger partial charge in [0.05, 0.1) is 19.3 Å². The highest BCUT2D eigenvalue weighted by molar-refractivity contribution is 5.74. The van der Waals surface area contributed by atoms with E-state index in [0.29, 0.717) is 19.8 Å². The molecule has 23 heavy (non-hydrogen) atoms. The fourth-order valence-corrected chi connectivity index (χ4v) is 3.39. The van der Waals surface area contributed by atoms with Crippen molar-refractivity contribution in [3.8, 4) is 0 Å². The van der Waals surface area contributed by atoms with E-state index in [1.165, 1.54) is 0 Å². The third-order valence-electron chi connectivity index (χ3n) is 4.84. The monoisotopic (exact) mass is 322 g/mol. The number of urea groups is 1. The van der Waals surface area contributed by atoms with E-state index in [1.54, 1.807) is 0 Å². The summed E-state index contributed by atoms with van der Waals surface area (Å²) in [5, 5.41) is 3.01. The average Bonchev–Trinajstić information content (AvgIpc) is 3.17. The molecule has 3 heterocycles. The normalized spacial score (nSPS) is 25.3. The molecule has 6 heteroatoms. The van der Waals surface area contributed by atoms with E-state index < -0.39 is 5.79 Å². The van der Waals surface area contributed by atoms with Gasteiger partial charge >= 0.3 is 6.03 Å². The number of carbonyl (C=O) groups excluding carboxylic acids is 1. The molecule has 2 aliphatic heterocycles. The van der Waals surface area contributed by atoms with Crippen molar-refractivity contribution in [3.05, 3.63) is 23.7 Å². The quantitative estimate of drug-likeness (QED) is 0.929. The molecule has 2 fully saturated rings. The lowest BCUT2D eigenvalue weighted by Gasteiger charge is -2.40. The zero-order chi connectivity index (χ0) is 16.4. The summed E-state index contributed by atoms with van der Waals surface area (Å²) in [5.41, 5.74) is 0. The van der Waals surface area contributed by atoms with E-state index in [2.05, 4.69) is 5.32 Å². The number of carbonyl (C=O) groups is 1. The number of hydrogen-bond donors (Lipinski definition) is 1. The third-order valence-corrected chi connectivity index (χ3v) is 4.84. The van der Waals surface area contributed by atoms with Crippen LogP contribution in [0.4, 0.5) is 4.79 Å². The molecule has 2 atom stereocenters. The lowest BCUT2D eigenvalue weighted by Crippen LogP contribution is -2.51. The molecule has 1 aromatic heterocycles. The first-order chi connectivity index (χ1) is 11.0. The van der Waals surface area contributed by atoms with Gasteiger partial charge in [-0.25, -0.2) is 4.79 Å². The van der Waals surface area contributed by atoms with Crippen LogP contribution in [0, 0.1) is 12.8 Å². The summed E-state index contributed by atoms with van der Waals surface area (Å²) in [6.45, 7) is 8.51. The Balaban J connectivity index is 1.58. The highest BCUT2D eigenvalue weighted by atomic mass is 16.7. The van der Waals surface area contributed by atoms with Gasteiger partial charge in [0.25, 0.3) is 0 Å². The van der Waals surface area contributed by atoms with E-state index in [9.17, 15) is 4.79 Å². The van der Waals surface area contributed by atoms with Gasteiger partial charge in [0.15, 0.2) is 5.79 Å². The van der Waals surface area contributed by atoms with Crippen molar-refractivity contribution in [3.63, 3.8) is 0 Å². The Morgan fingerprint density at radius 3 is 2.78 bits per heavy atom. The maximum atomic E-state index is 12.5. The molecule has 2 amide bonds. The first-order valence-electron chi connectivity index (χ1n) is 8.37. The molecule has 2 saturated heterocycles. The minimum Gasteiger partial charge on any atom is -0.464 e. The highest BCUT2D eigenvalue weighted by Gasteiger charge is 2.42. The van der Waals surface area contributed by atoms with Gasteiger partial charge in [-0.1, -0.05) is 0 Å². The molecule has 0 unspecified atom stereocenters. The summed E-state index contributed by atoms with van der Waals surface area (Å²) < 4.78 is 17.1. The predicted molar refractivity (Wildman–Crippen MR) is 85.0 cm³/mol. The molecular weight excluding hydrogens is 296 g/mol. The molecule has 3 rings (SSSR count). The Hall–Kier alpha value is -1.53. The molecule has 6 nitrogen and oxygen atoms in total. The topological polar surface area (TPSA) is 63.9 Å². The van der Waals surface area contributed by atoms with Crippen LogP contribution in [0.1, 0.15) is 44.3 Å². The van der Waals surface area contributed by atoms with Crippen LogP contribution in [0.2, 0.25) is 0 Å². The van der Waals surface area contributed by atoms with Crippen LogP contribution in [0.3, 0.4) is 0 Å². The molecule has 0 saturated carbocycles. The maximum absolute atomic E-state index is 12.5. The van der Waals surface area contributed by atoms with E-state index in [1.807, 2.05) is 37.8 Å². The minimum absolute atomic E-state index is 0.0575. The van der Waals surface area contributed by atoms with Crippen LogP contribution >= 0.6 is 0 Å². The zero-order valence-corrected chi connectivity index (χ0v) is 14.1. The standard InChI is InChI=1S/C17H26N2O4/c1-12-6-7-15(23-12)13(2)18-16(20)19-8-4-5-14(11-19)17(3)21-9-10-22-17/h6-7,13-14H,4-5,8-11H2,1-3H3,(H,18,20)/t13-,14-/m0/s1. The zero-order valence-electron chi connectivity index (χ0n) is 14.1. The SMILES string of the molecule is Cc1ccc([C@H](C)NC(=O)N2CCC[C@H](C3(C)OCCO3)C2)o1. The second kappa shape index (κ2) is 6.53. The van der Waals surface area contributed by atoms with Crippen LogP contribution in [0.5, 0.6) is 0 Å². The van der Waals surface area contributed by atoms with Crippen LogP contribution in [-0.2, 0) is 9.47 Å². The molecule has 128 valence electrons. The molecule has 0 spiro atoms. The van der Waals surface area contributed by atoms with Gasteiger partial charge in [0, 0.05) is 19.0 Å². The smallest absolute Gasteiger partial charge is 0.317 e. The molecule has 1 N–H and O–H groups in total. The fourth-order valence-electron chi connectivity index (χ4n) is 3.39. The van der Waals surface area contributed by atoms with Crippen molar-refractivity contribution in [1.29, 1.82) is 0 Å². The number of furan rings is 1. The van der Waals surface area contributed by atoms with E-state index in [4.69, 9.17) is 13.9 Å². The number of hydrogen-bond acceptors (Lipinski definition) is 4. The van der Waals surface area contributed by atoms with Gasteiger partial charge in [-0.2, -0.15) is 0 Å². The Morgan fingerprint density at radius 2 is 2.13 bits per heavy atom. The van der Waals surface area contributed by atoms with Gasteiger partial charge in [0.2, 0.25) is 0 Å². The molecule has 0 radical (unpaired) electrons. The Labute approximate surface area is 137 Å². The molecule has 0 bridgehead atoms. The van der Waals surface area contributed by atoms with Crippen molar-refractivity contribution in [2.24, 2.45) is 5.92 Å². The summed E-state index contributed by atoms with van der Waals surface area (Å²) >= 11 is 0. The van der Waals surface area contributed by atoms with Gasteiger partial charge in [-0.15, -0.1) is 0 Å². The number of rotatable bonds is 3. The van der Waals surface area contributed by atoms with Crippen LogP contribution < -0.4 is 5.32 Å². The number of amides is 2. The largest absolute Gasteiger partial charge is 0.464 e. The van der Waals surface area contributed by atoms with E-state index >= 15 is 0 Å². The van der Waals surface area contributed by atoms with E-state index in [0.717, 1.165) is 30.9 Å². The molecule has 0 aromatic carbocycles. The van der Waals surface area contributed by atoms with Gasteiger partial charge in [0.1, 0.15) is 11.5 Å². The van der Waals surface area contributed by atoms with Gasteiger partial charge in [-0.05, 0) is 45.7 Å². The lowest BCUT2D eigenvalue weighted by molar-refractivity contribution is -0.189. The molecule has 1 aromatic rings. The third kappa shape index (κ3) is 3.53. The predicted octanol–water partition coefficient (Wildman–Crippen LogP) is 2.83. The first kappa shape index (κ1) is 16.3. The Morgan fingerprint density at radius 1 is 1.39 bits per heavy atom. The number of ether oxygens (including phenoxy) is 2. The van der Waals surface area contributed by atoms with Crippen LogP contribution in [0.25, 0.3) is 0 Å². The highest BCUT2D eigenvalue weighted by Crippen LogP contribution is 2.34. The van der Waals surface area contributed by atoms with Crippen LogP contribution in [0.15, 0.2) is 16.5 Å². The number of nitrogens with one attached hydrogen (secondary N) is 1. The lowest BCUT2D eigenvalue weighted by atomic mass is 9.90. The summed E-state index contributed by atoms with van der Waals surface area (Å²) in [7, 11) is 0. The number of nitrogens with zero attached hydrogens (tertiary/aromatic N) is 1. The second-order valence-corrected chi connectivity index (χ2v) is 6.62. The van der Waals surface area contributed by atoms with E-state index in [-0.39, 0.29) is 18.0 Å². The Bertz CT molecular complexity index is 551. The molecule has 2 aliphatic rings. The van der Waals surface area contributed by atoms with Crippen molar-refractivity contribution in [2.45, 2.75) is 45.4 Å². The molecule has 0 aliphatic carbocycles.